The van der Waals surface area contributed by atoms with Crippen LogP contribution in [0.5, 0.6) is 0 Å². The Kier molecular flexibility index (Phi) is 4.45. The molecule has 0 bridgehead atoms. The van der Waals surface area contributed by atoms with Crippen LogP contribution in [-0.4, -0.2) is 18.9 Å². The van der Waals surface area contributed by atoms with Crippen LogP contribution in [0.3, 0.4) is 0 Å². The van der Waals surface area contributed by atoms with Crippen LogP contribution >= 0.6 is 0 Å². The Bertz CT molecular complexity index is 404. The highest BCUT2D eigenvalue weighted by atomic mass is 16.5. The molecule has 1 aromatic carbocycles. The molecule has 0 aliphatic heterocycles. The first-order valence-corrected chi connectivity index (χ1v) is 5.07. The molecule has 1 rings (SSSR count). The summed E-state index contributed by atoms with van der Waals surface area (Å²) in [5, 5.41) is 0. The highest BCUT2D eigenvalue weighted by Crippen LogP contribution is 2.07. The minimum atomic E-state index is -0.452. The van der Waals surface area contributed by atoms with Gasteiger partial charge in [-0.2, -0.15) is 0 Å². The second kappa shape index (κ2) is 5.85. The summed E-state index contributed by atoms with van der Waals surface area (Å²) in [6, 6.07) is 8.82. The van der Waals surface area contributed by atoms with E-state index in [1.54, 1.807) is 31.2 Å². The van der Waals surface area contributed by atoms with Crippen LogP contribution in [0.2, 0.25) is 0 Å². The zero-order valence-electron chi connectivity index (χ0n) is 9.40. The van der Waals surface area contributed by atoms with Crippen molar-refractivity contribution in [3.63, 3.8) is 0 Å². The van der Waals surface area contributed by atoms with E-state index in [0.717, 1.165) is 0 Å². The van der Waals surface area contributed by atoms with E-state index in [0.29, 0.717) is 17.6 Å². The average molecular weight is 218 g/mol. The van der Waals surface area contributed by atoms with Crippen LogP contribution in [-0.2, 0) is 9.53 Å². The van der Waals surface area contributed by atoms with E-state index < -0.39 is 5.97 Å². The van der Waals surface area contributed by atoms with Crippen molar-refractivity contribution < 1.29 is 14.3 Å². The van der Waals surface area contributed by atoms with E-state index >= 15 is 0 Å². The number of hydrogen-bond acceptors (Lipinski definition) is 3. The molecule has 16 heavy (non-hydrogen) atoms. The topological polar surface area (TPSA) is 43.4 Å². The zero-order chi connectivity index (χ0) is 12.0. The lowest BCUT2D eigenvalue weighted by atomic mass is 10.1. The second-order valence-electron chi connectivity index (χ2n) is 3.24. The maximum Gasteiger partial charge on any atom is 0.333 e. The molecule has 0 radical (unpaired) electrons. The monoisotopic (exact) mass is 218 g/mol. The summed E-state index contributed by atoms with van der Waals surface area (Å²) in [7, 11) is 1.30. The van der Waals surface area contributed by atoms with Crippen LogP contribution < -0.4 is 0 Å². The summed E-state index contributed by atoms with van der Waals surface area (Å²) in [6.45, 7) is 1.81. The van der Waals surface area contributed by atoms with Gasteiger partial charge in [-0.3, -0.25) is 4.79 Å². The molecule has 0 N–H and O–H groups in total. The lowest BCUT2D eigenvalue weighted by Gasteiger charge is -2.01. The number of benzene rings is 1. The molecule has 0 aliphatic rings. The number of allylic oxidation sites excluding steroid dienone is 1. The lowest BCUT2D eigenvalue weighted by Crippen LogP contribution is -2.06. The normalized spacial score (nSPS) is 11.0. The minimum Gasteiger partial charge on any atom is -0.466 e. The Morgan fingerprint density at radius 3 is 2.38 bits per heavy atom. The smallest absolute Gasteiger partial charge is 0.333 e. The molecule has 0 saturated carbocycles. The average Bonchev–Trinajstić information content (AvgIpc) is 2.35. The number of methoxy groups -OCH3 is 1. The van der Waals surface area contributed by atoms with Crippen molar-refractivity contribution in [3.8, 4) is 0 Å². The van der Waals surface area contributed by atoms with Crippen molar-refractivity contribution in [2.24, 2.45) is 0 Å². The quantitative estimate of drug-likeness (QED) is 0.442. The number of esters is 1. The van der Waals surface area contributed by atoms with Gasteiger partial charge in [-0.1, -0.05) is 37.3 Å². The van der Waals surface area contributed by atoms with Gasteiger partial charge in [-0.15, -0.1) is 0 Å². The standard InChI is InChI=1S/C13H14O3/c1-3-10(13(15)16-2)9-12(14)11-7-5-4-6-8-11/h4-9H,3H2,1-2H3/b10-9+. The summed E-state index contributed by atoms with van der Waals surface area (Å²) in [5.74, 6) is -0.630. The molecular weight excluding hydrogens is 204 g/mol. The number of rotatable bonds is 4. The number of ether oxygens (including phenoxy) is 1. The molecule has 0 aliphatic carbocycles. The number of carbonyl (C=O) groups excluding carboxylic acids is 2. The first-order chi connectivity index (χ1) is 7.69. The van der Waals surface area contributed by atoms with Crippen molar-refractivity contribution in [2.45, 2.75) is 13.3 Å². The van der Waals surface area contributed by atoms with Gasteiger partial charge in [0.05, 0.1) is 7.11 Å². The van der Waals surface area contributed by atoms with Crippen LogP contribution in [0, 0.1) is 0 Å². The SMILES string of the molecule is CC/C(=C\C(=O)c1ccccc1)C(=O)OC. The maximum atomic E-state index is 11.8. The Labute approximate surface area is 94.7 Å². The number of carbonyl (C=O) groups is 2. The third-order valence-corrected chi connectivity index (χ3v) is 2.19. The zero-order valence-corrected chi connectivity index (χ0v) is 9.40. The summed E-state index contributed by atoms with van der Waals surface area (Å²) in [4.78, 5) is 23.0. The van der Waals surface area contributed by atoms with Gasteiger partial charge in [0.25, 0.3) is 0 Å². The Morgan fingerprint density at radius 1 is 1.25 bits per heavy atom. The molecule has 3 nitrogen and oxygen atoms in total. The summed E-state index contributed by atoms with van der Waals surface area (Å²) < 4.78 is 4.58. The highest BCUT2D eigenvalue weighted by Gasteiger charge is 2.10. The molecule has 84 valence electrons. The first-order valence-electron chi connectivity index (χ1n) is 5.07. The van der Waals surface area contributed by atoms with Gasteiger partial charge in [0.2, 0.25) is 0 Å². The molecule has 0 saturated heterocycles. The van der Waals surface area contributed by atoms with Crippen LogP contribution in [0.15, 0.2) is 42.0 Å². The molecule has 3 heteroatoms. The maximum absolute atomic E-state index is 11.8. The molecule has 0 unspecified atom stereocenters. The molecule has 0 fully saturated rings. The fraction of sp³-hybridized carbons (Fsp3) is 0.231. The van der Waals surface area contributed by atoms with Gasteiger partial charge in [0.1, 0.15) is 0 Å². The van der Waals surface area contributed by atoms with Gasteiger partial charge in [-0.25, -0.2) is 4.79 Å². The van der Waals surface area contributed by atoms with E-state index in [1.165, 1.54) is 13.2 Å². The Morgan fingerprint density at radius 2 is 1.88 bits per heavy atom. The second-order valence-corrected chi connectivity index (χ2v) is 3.24. The van der Waals surface area contributed by atoms with Crippen molar-refractivity contribution in [1.29, 1.82) is 0 Å². The lowest BCUT2D eigenvalue weighted by molar-refractivity contribution is -0.136. The molecule has 0 amide bonds. The van der Waals surface area contributed by atoms with Crippen molar-refractivity contribution >= 4 is 11.8 Å². The Hall–Kier alpha value is -1.90. The summed E-state index contributed by atoms with van der Waals surface area (Å²) >= 11 is 0. The van der Waals surface area contributed by atoms with Crippen molar-refractivity contribution in [3.05, 3.63) is 47.5 Å². The van der Waals surface area contributed by atoms with E-state index in [4.69, 9.17) is 0 Å². The third-order valence-electron chi connectivity index (χ3n) is 2.19. The van der Waals surface area contributed by atoms with E-state index in [9.17, 15) is 9.59 Å². The van der Waals surface area contributed by atoms with E-state index in [2.05, 4.69) is 4.74 Å². The van der Waals surface area contributed by atoms with E-state index in [-0.39, 0.29) is 5.78 Å². The van der Waals surface area contributed by atoms with Gasteiger partial charge in [0, 0.05) is 11.1 Å². The summed E-state index contributed by atoms with van der Waals surface area (Å²) in [6.07, 6.45) is 1.81. The first kappa shape index (κ1) is 12.2. The third kappa shape index (κ3) is 3.05. The highest BCUT2D eigenvalue weighted by molar-refractivity contribution is 6.08. The largest absolute Gasteiger partial charge is 0.466 e. The molecule has 0 aromatic heterocycles. The van der Waals surface area contributed by atoms with Crippen molar-refractivity contribution in [2.75, 3.05) is 7.11 Å². The molecule has 0 spiro atoms. The predicted molar refractivity (Wildman–Crippen MR) is 61.2 cm³/mol. The molecule has 0 atom stereocenters. The number of hydrogen-bond donors (Lipinski definition) is 0. The molecule has 1 aromatic rings. The van der Waals surface area contributed by atoms with Crippen molar-refractivity contribution in [1.82, 2.24) is 0 Å². The van der Waals surface area contributed by atoms with Crippen LogP contribution in [0.1, 0.15) is 23.7 Å². The van der Waals surface area contributed by atoms with Gasteiger partial charge < -0.3 is 4.74 Å². The fourth-order valence-corrected chi connectivity index (χ4v) is 1.28. The van der Waals surface area contributed by atoms with Crippen LogP contribution in [0.25, 0.3) is 0 Å². The van der Waals surface area contributed by atoms with Gasteiger partial charge in [-0.05, 0) is 12.5 Å². The number of ketones is 1. The molecular formula is C13H14O3. The Balaban J connectivity index is 2.91. The van der Waals surface area contributed by atoms with Crippen LogP contribution in [0.4, 0.5) is 0 Å². The fourth-order valence-electron chi connectivity index (χ4n) is 1.28. The van der Waals surface area contributed by atoms with E-state index in [1.807, 2.05) is 6.07 Å². The summed E-state index contributed by atoms with van der Waals surface area (Å²) in [5.41, 5.74) is 0.953. The van der Waals surface area contributed by atoms with Gasteiger partial charge >= 0.3 is 5.97 Å². The minimum absolute atomic E-state index is 0.178. The molecule has 0 heterocycles. The predicted octanol–water partition coefficient (Wildman–Crippen LogP) is 2.38. The van der Waals surface area contributed by atoms with Gasteiger partial charge in [0.15, 0.2) is 5.78 Å².